The maximum Gasteiger partial charge on any atom is 0.335 e. The second-order valence-corrected chi connectivity index (χ2v) is 4.52. The van der Waals surface area contributed by atoms with Crippen molar-refractivity contribution in [3.63, 3.8) is 0 Å². The highest BCUT2D eigenvalue weighted by atomic mass is 16.4. The van der Waals surface area contributed by atoms with Gasteiger partial charge in [-0.25, -0.2) is 9.59 Å². The van der Waals surface area contributed by atoms with Crippen LogP contribution in [0.3, 0.4) is 0 Å². The van der Waals surface area contributed by atoms with Gasteiger partial charge in [-0.3, -0.25) is 4.68 Å². The Kier molecular flexibility index (Phi) is 4.55. The second kappa shape index (κ2) is 6.56. The van der Waals surface area contributed by atoms with Crippen LogP contribution in [0.25, 0.3) is 0 Å². The van der Waals surface area contributed by atoms with Crippen LogP contribution in [0.5, 0.6) is 0 Å². The minimum atomic E-state index is -0.989. The Labute approximate surface area is 121 Å². The number of aromatic carboxylic acids is 1. The molecule has 0 saturated heterocycles. The van der Waals surface area contributed by atoms with Crippen molar-refractivity contribution < 1.29 is 14.7 Å². The minimum Gasteiger partial charge on any atom is -0.478 e. The van der Waals surface area contributed by atoms with Gasteiger partial charge in [0.25, 0.3) is 0 Å². The number of carboxylic acids is 1. The van der Waals surface area contributed by atoms with Crippen molar-refractivity contribution in [2.24, 2.45) is 7.05 Å². The Morgan fingerprint density at radius 3 is 2.67 bits per heavy atom. The third-order valence-corrected chi connectivity index (χ3v) is 2.83. The molecule has 110 valence electrons. The molecule has 0 radical (unpaired) electrons. The van der Waals surface area contributed by atoms with Crippen molar-refractivity contribution in [2.45, 2.75) is 13.1 Å². The highest BCUT2D eigenvalue weighted by molar-refractivity contribution is 5.87. The van der Waals surface area contributed by atoms with E-state index in [9.17, 15) is 9.59 Å². The van der Waals surface area contributed by atoms with Crippen LogP contribution in [0.4, 0.5) is 4.79 Å². The summed E-state index contributed by atoms with van der Waals surface area (Å²) in [4.78, 5) is 22.5. The van der Waals surface area contributed by atoms with Crippen molar-refractivity contribution in [1.82, 2.24) is 20.4 Å². The zero-order valence-corrected chi connectivity index (χ0v) is 11.5. The van der Waals surface area contributed by atoms with Crippen molar-refractivity contribution in [2.75, 3.05) is 0 Å². The summed E-state index contributed by atoms with van der Waals surface area (Å²) < 4.78 is 1.66. The largest absolute Gasteiger partial charge is 0.478 e. The number of amides is 2. The lowest BCUT2D eigenvalue weighted by molar-refractivity contribution is 0.0696. The molecule has 21 heavy (non-hydrogen) atoms. The van der Waals surface area contributed by atoms with E-state index in [2.05, 4.69) is 15.7 Å². The summed E-state index contributed by atoms with van der Waals surface area (Å²) in [6, 6.07) is 7.92. The molecule has 1 heterocycles. The number of carbonyl (C=O) groups excluding carboxylic acids is 1. The molecular weight excluding hydrogens is 272 g/mol. The normalized spacial score (nSPS) is 10.1. The van der Waals surface area contributed by atoms with E-state index in [1.165, 1.54) is 12.1 Å². The summed E-state index contributed by atoms with van der Waals surface area (Å²) in [6.45, 7) is 0.594. The van der Waals surface area contributed by atoms with Crippen LogP contribution in [0.15, 0.2) is 36.5 Å². The number of nitrogens with one attached hydrogen (secondary N) is 2. The van der Waals surface area contributed by atoms with E-state index < -0.39 is 5.97 Å². The fourth-order valence-electron chi connectivity index (χ4n) is 1.79. The van der Waals surface area contributed by atoms with Gasteiger partial charge >= 0.3 is 12.0 Å². The average Bonchev–Trinajstić information content (AvgIpc) is 2.89. The van der Waals surface area contributed by atoms with Gasteiger partial charge in [0.1, 0.15) is 0 Å². The predicted molar refractivity (Wildman–Crippen MR) is 75.7 cm³/mol. The van der Waals surface area contributed by atoms with Crippen molar-refractivity contribution in [1.29, 1.82) is 0 Å². The van der Waals surface area contributed by atoms with Crippen LogP contribution >= 0.6 is 0 Å². The molecule has 2 rings (SSSR count). The Hall–Kier alpha value is -2.83. The number of hydrogen-bond acceptors (Lipinski definition) is 3. The number of aryl methyl sites for hydroxylation is 1. The fraction of sp³-hybridized carbons (Fsp3) is 0.214. The summed E-state index contributed by atoms with van der Waals surface area (Å²) >= 11 is 0. The number of aromatic nitrogens is 2. The SMILES string of the molecule is Cn1ccc(CNC(=O)NCc2cccc(C(=O)O)c2)n1. The molecule has 0 bridgehead atoms. The third kappa shape index (κ3) is 4.34. The second-order valence-electron chi connectivity index (χ2n) is 4.52. The van der Waals surface area contributed by atoms with Crippen LogP contribution in [-0.2, 0) is 20.1 Å². The first kappa shape index (κ1) is 14.6. The molecule has 0 unspecified atom stereocenters. The Balaban J connectivity index is 1.81. The summed E-state index contributed by atoms with van der Waals surface area (Å²) in [5, 5.41) is 18.4. The van der Waals surface area contributed by atoms with Gasteiger partial charge < -0.3 is 15.7 Å². The molecule has 0 atom stereocenters. The van der Waals surface area contributed by atoms with E-state index >= 15 is 0 Å². The monoisotopic (exact) mass is 288 g/mol. The lowest BCUT2D eigenvalue weighted by Crippen LogP contribution is -2.34. The van der Waals surface area contributed by atoms with Gasteiger partial charge in [0.2, 0.25) is 0 Å². The molecule has 3 N–H and O–H groups in total. The summed E-state index contributed by atoms with van der Waals surface area (Å²) in [5.74, 6) is -0.989. The number of hydrogen-bond donors (Lipinski definition) is 3. The maximum atomic E-state index is 11.6. The summed E-state index contributed by atoms with van der Waals surface area (Å²) in [7, 11) is 1.80. The molecule has 2 aromatic rings. The standard InChI is InChI=1S/C14H16N4O3/c1-18-6-5-12(17-18)9-16-14(21)15-8-10-3-2-4-11(7-10)13(19)20/h2-7H,8-9H2,1H3,(H,19,20)(H2,15,16,21). The lowest BCUT2D eigenvalue weighted by atomic mass is 10.1. The topological polar surface area (TPSA) is 96.2 Å². The zero-order valence-electron chi connectivity index (χ0n) is 11.5. The number of benzene rings is 1. The van der Waals surface area contributed by atoms with Gasteiger partial charge in [0, 0.05) is 19.8 Å². The van der Waals surface area contributed by atoms with Gasteiger partial charge in [0.15, 0.2) is 0 Å². The number of nitrogens with zero attached hydrogens (tertiary/aromatic N) is 2. The van der Waals surface area contributed by atoms with Crippen LogP contribution < -0.4 is 10.6 Å². The molecule has 2 amide bonds. The number of carbonyl (C=O) groups is 2. The van der Waals surface area contributed by atoms with Crippen molar-refractivity contribution >= 4 is 12.0 Å². The van der Waals surface area contributed by atoms with Crippen LogP contribution in [0.2, 0.25) is 0 Å². The summed E-state index contributed by atoms with van der Waals surface area (Å²) in [5.41, 5.74) is 1.69. The summed E-state index contributed by atoms with van der Waals surface area (Å²) in [6.07, 6.45) is 1.80. The van der Waals surface area contributed by atoms with Crippen LogP contribution in [0, 0.1) is 0 Å². The fourth-order valence-corrected chi connectivity index (χ4v) is 1.79. The molecule has 0 fully saturated rings. The van der Waals surface area contributed by atoms with Crippen molar-refractivity contribution in [3.05, 3.63) is 53.3 Å². The molecule has 0 aliphatic heterocycles. The molecule has 0 aliphatic rings. The highest BCUT2D eigenvalue weighted by Crippen LogP contribution is 2.05. The van der Waals surface area contributed by atoms with Gasteiger partial charge in [-0.05, 0) is 23.8 Å². The number of carboxylic acid groups (broad SMARTS) is 1. The van der Waals surface area contributed by atoms with Crippen LogP contribution in [0.1, 0.15) is 21.6 Å². The molecule has 7 nitrogen and oxygen atoms in total. The smallest absolute Gasteiger partial charge is 0.335 e. The van der Waals surface area contributed by atoms with E-state index in [0.717, 1.165) is 11.3 Å². The van der Waals surface area contributed by atoms with E-state index in [4.69, 9.17) is 5.11 Å². The quantitative estimate of drug-likeness (QED) is 0.768. The molecule has 0 saturated carbocycles. The maximum absolute atomic E-state index is 11.6. The Bertz CT molecular complexity index is 651. The number of rotatable bonds is 5. The predicted octanol–water partition coefficient (Wildman–Crippen LogP) is 1.12. The van der Waals surface area contributed by atoms with E-state index in [1.54, 1.807) is 30.1 Å². The molecule has 0 aliphatic carbocycles. The molecule has 0 spiro atoms. The average molecular weight is 288 g/mol. The highest BCUT2D eigenvalue weighted by Gasteiger charge is 2.05. The molecule has 1 aromatic heterocycles. The first-order valence-electron chi connectivity index (χ1n) is 6.37. The van der Waals surface area contributed by atoms with Crippen molar-refractivity contribution in [3.8, 4) is 0 Å². The first-order chi connectivity index (χ1) is 10.0. The lowest BCUT2D eigenvalue weighted by Gasteiger charge is -2.07. The first-order valence-corrected chi connectivity index (χ1v) is 6.37. The molecule has 7 heteroatoms. The Morgan fingerprint density at radius 2 is 2.00 bits per heavy atom. The van der Waals surface area contributed by atoms with Gasteiger partial charge in [-0.2, -0.15) is 5.10 Å². The Morgan fingerprint density at radius 1 is 1.24 bits per heavy atom. The van der Waals surface area contributed by atoms with Gasteiger partial charge in [0.05, 0.1) is 17.8 Å². The third-order valence-electron chi connectivity index (χ3n) is 2.83. The van der Waals surface area contributed by atoms with Gasteiger partial charge in [-0.1, -0.05) is 12.1 Å². The number of urea groups is 1. The molecule has 1 aromatic carbocycles. The zero-order chi connectivity index (χ0) is 15.2. The van der Waals surface area contributed by atoms with Gasteiger partial charge in [-0.15, -0.1) is 0 Å². The molecular formula is C14H16N4O3. The van der Waals surface area contributed by atoms with Crippen LogP contribution in [-0.4, -0.2) is 26.9 Å². The van der Waals surface area contributed by atoms with E-state index in [1.807, 2.05) is 6.07 Å². The van der Waals surface area contributed by atoms with E-state index in [0.29, 0.717) is 6.54 Å². The van der Waals surface area contributed by atoms with E-state index in [-0.39, 0.29) is 18.1 Å². The minimum absolute atomic E-state index is 0.197.